The lowest BCUT2D eigenvalue weighted by atomic mass is 10.0. The molecule has 0 aromatic rings. The van der Waals surface area contributed by atoms with Gasteiger partial charge in [-0.2, -0.15) is 0 Å². The third-order valence-electron chi connectivity index (χ3n) is 15.3. The van der Waals surface area contributed by atoms with Crippen molar-refractivity contribution < 1.29 is 28.6 Å². The predicted octanol–water partition coefficient (Wildman–Crippen LogP) is 23.3. The van der Waals surface area contributed by atoms with E-state index < -0.39 is 6.10 Å². The molecule has 0 aliphatic heterocycles. The first-order valence-electron chi connectivity index (χ1n) is 34.1. The number of hydrogen-bond donors (Lipinski definition) is 0. The van der Waals surface area contributed by atoms with Crippen LogP contribution in [0.4, 0.5) is 0 Å². The van der Waals surface area contributed by atoms with Crippen LogP contribution in [0.3, 0.4) is 0 Å². The summed E-state index contributed by atoms with van der Waals surface area (Å²) in [4.78, 5) is 38.2. The lowest BCUT2D eigenvalue weighted by Crippen LogP contribution is -2.30. The van der Waals surface area contributed by atoms with Crippen LogP contribution in [0.1, 0.15) is 367 Å². The Bertz CT molecular complexity index is 1330. The van der Waals surface area contributed by atoms with Crippen molar-refractivity contribution in [1.29, 1.82) is 0 Å². The molecule has 450 valence electrons. The first kappa shape index (κ1) is 74.4. The maximum absolute atomic E-state index is 12.9. The first-order valence-corrected chi connectivity index (χ1v) is 34.1. The van der Waals surface area contributed by atoms with E-state index >= 15 is 0 Å². The summed E-state index contributed by atoms with van der Waals surface area (Å²) in [5.41, 5.74) is 0. The van der Waals surface area contributed by atoms with Crippen LogP contribution < -0.4 is 0 Å². The highest BCUT2D eigenvalue weighted by atomic mass is 16.6. The second-order valence-corrected chi connectivity index (χ2v) is 23.1. The Labute approximate surface area is 479 Å². The Hall–Kier alpha value is -2.63. The van der Waals surface area contributed by atoms with Crippen LogP contribution in [0.15, 0.2) is 48.6 Å². The zero-order chi connectivity index (χ0) is 55.7. The van der Waals surface area contributed by atoms with Crippen molar-refractivity contribution in [1.82, 2.24) is 0 Å². The maximum Gasteiger partial charge on any atom is 0.306 e. The van der Waals surface area contributed by atoms with Crippen molar-refractivity contribution in [2.75, 3.05) is 13.2 Å². The summed E-state index contributed by atoms with van der Waals surface area (Å²) in [6.45, 7) is 6.55. The first-order chi connectivity index (χ1) is 38.0. The Kier molecular flexibility index (Phi) is 63.6. The number of ether oxygens (including phenoxy) is 3. The molecule has 0 aromatic carbocycles. The van der Waals surface area contributed by atoms with Crippen molar-refractivity contribution in [3.63, 3.8) is 0 Å². The number of rotatable bonds is 63. The average molecular weight is 1080 g/mol. The minimum atomic E-state index is -0.783. The minimum Gasteiger partial charge on any atom is -0.462 e. The Morgan fingerprint density at radius 2 is 0.506 bits per heavy atom. The molecule has 6 heteroatoms. The van der Waals surface area contributed by atoms with Crippen molar-refractivity contribution in [3.05, 3.63) is 48.6 Å². The van der Waals surface area contributed by atoms with Crippen LogP contribution in [0.5, 0.6) is 0 Å². The summed E-state index contributed by atoms with van der Waals surface area (Å²) in [7, 11) is 0. The standard InChI is InChI=1S/C71H130O6/c1-4-7-10-13-16-19-22-24-26-28-29-30-31-32-33-34-35-36-37-38-39-40-41-42-44-45-47-49-52-55-58-61-64-70(73)76-67-68(66-75-69(72)63-60-57-54-51-21-18-15-12-9-6-3)77-71(74)65-62-59-56-53-50-48-46-43-27-25-23-20-17-14-11-8-5-2/h8,11,17,20,25,27,46,48,68H,4-7,9-10,12-16,18-19,21-24,26,28-45,47,49-67H2,1-3H3/b11-8-,20-17-,27-25-,48-46-. The van der Waals surface area contributed by atoms with Gasteiger partial charge >= 0.3 is 17.9 Å². The number of carbonyl (C=O) groups excluding carboxylic acids is 3. The Morgan fingerprint density at radius 1 is 0.273 bits per heavy atom. The van der Waals surface area contributed by atoms with Gasteiger partial charge in [0.2, 0.25) is 0 Å². The zero-order valence-electron chi connectivity index (χ0n) is 51.7. The molecule has 0 fully saturated rings. The van der Waals surface area contributed by atoms with Gasteiger partial charge in [0.1, 0.15) is 13.2 Å². The molecular weight excluding hydrogens is 949 g/mol. The molecule has 0 heterocycles. The molecule has 0 saturated carbocycles. The van der Waals surface area contributed by atoms with E-state index in [1.807, 2.05) is 0 Å². The molecule has 0 aromatic heterocycles. The summed E-state index contributed by atoms with van der Waals surface area (Å²) < 4.78 is 16.9. The highest BCUT2D eigenvalue weighted by molar-refractivity contribution is 5.71. The van der Waals surface area contributed by atoms with Gasteiger partial charge in [0, 0.05) is 19.3 Å². The third-order valence-corrected chi connectivity index (χ3v) is 15.3. The van der Waals surface area contributed by atoms with E-state index in [-0.39, 0.29) is 31.1 Å². The number of carbonyl (C=O) groups is 3. The second kappa shape index (κ2) is 65.9. The zero-order valence-corrected chi connectivity index (χ0v) is 51.7. The van der Waals surface area contributed by atoms with Crippen LogP contribution in [0.25, 0.3) is 0 Å². The minimum absolute atomic E-state index is 0.0788. The number of unbranched alkanes of at least 4 members (excludes halogenated alkanes) is 44. The van der Waals surface area contributed by atoms with Crippen molar-refractivity contribution in [2.24, 2.45) is 0 Å². The second-order valence-electron chi connectivity index (χ2n) is 23.1. The van der Waals surface area contributed by atoms with Gasteiger partial charge in [-0.15, -0.1) is 0 Å². The van der Waals surface area contributed by atoms with Crippen molar-refractivity contribution in [3.8, 4) is 0 Å². The highest BCUT2D eigenvalue weighted by Gasteiger charge is 2.19. The van der Waals surface area contributed by atoms with Gasteiger partial charge < -0.3 is 14.2 Å². The van der Waals surface area contributed by atoms with E-state index in [9.17, 15) is 14.4 Å². The van der Waals surface area contributed by atoms with Crippen LogP contribution >= 0.6 is 0 Å². The topological polar surface area (TPSA) is 78.9 Å². The summed E-state index contributed by atoms with van der Waals surface area (Å²) >= 11 is 0. The maximum atomic E-state index is 12.9. The summed E-state index contributed by atoms with van der Waals surface area (Å²) in [6.07, 6.45) is 83.1. The van der Waals surface area contributed by atoms with E-state index in [4.69, 9.17) is 14.2 Å². The molecule has 6 nitrogen and oxygen atoms in total. The molecule has 77 heavy (non-hydrogen) atoms. The van der Waals surface area contributed by atoms with Gasteiger partial charge in [0.05, 0.1) is 0 Å². The van der Waals surface area contributed by atoms with Crippen molar-refractivity contribution in [2.45, 2.75) is 374 Å². The third kappa shape index (κ3) is 64.1. The molecule has 0 radical (unpaired) electrons. The molecule has 0 rings (SSSR count). The lowest BCUT2D eigenvalue weighted by molar-refractivity contribution is -0.167. The molecule has 1 atom stereocenters. The highest BCUT2D eigenvalue weighted by Crippen LogP contribution is 2.18. The van der Waals surface area contributed by atoms with E-state index in [2.05, 4.69) is 69.4 Å². The molecule has 1 unspecified atom stereocenters. The number of allylic oxidation sites excluding steroid dienone is 8. The number of hydrogen-bond acceptors (Lipinski definition) is 6. The molecule has 0 aliphatic carbocycles. The Balaban J connectivity index is 4.07. The SMILES string of the molecule is CC/C=C\C/C=C\C/C=C\C/C=C\CCCCCCC(=O)OC(COC(=O)CCCCCCCCCCCC)COC(=O)CCCCCCCCCCCCCCCCCCCCCCCCCCCCCCCCCC. The Morgan fingerprint density at radius 3 is 0.792 bits per heavy atom. The van der Waals surface area contributed by atoms with Crippen LogP contribution in [0.2, 0.25) is 0 Å². The van der Waals surface area contributed by atoms with Gasteiger partial charge in [0.15, 0.2) is 6.10 Å². The van der Waals surface area contributed by atoms with E-state index in [0.29, 0.717) is 19.3 Å². The summed E-state index contributed by atoms with van der Waals surface area (Å²) in [5.74, 6) is -0.884. The fraction of sp³-hybridized carbons (Fsp3) is 0.845. The van der Waals surface area contributed by atoms with E-state index in [1.54, 1.807) is 0 Å². The molecule has 0 saturated heterocycles. The van der Waals surface area contributed by atoms with Gasteiger partial charge in [-0.25, -0.2) is 0 Å². The van der Waals surface area contributed by atoms with Gasteiger partial charge in [-0.1, -0.05) is 339 Å². The van der Waals surface area contributed by atoms with Crippen LogP contribution in [-0.2, 0) is 28.6 Å². The smallest absolute Gasteiger partial charge is 0.306 e. The fourth-order valence-corrected chi connectivity index (χ4v) is 10.3. The molecule has 0 bridgehead atoms. The number of esters is 3. The normalized spacial score (nSPS) is 12.3. The van der Waals surface area contributed by atoms with E-state index in [1.165, 1.54) is 231 Å². The van der Waals surface area contributed by atoms with Gasteiger partial charge in [0.25, 0.3) is 0 Å². The molecule has 0 amide bonds. The summed E-state index contributed by atoms with van der Waals surface area (Å²) in [5, 5.41) is 0. The monoisotopic (exact) mass is 1080 g/mol. The molecule has 0 N–H and O–H groups in total. The van der Waals surface area contributed by atoms with Crippen molar-refractivity contribution >= 4 is 17.9 Å². The van der Waals surface area contributed by atoms with Crippen LogP contribution in [0, 0.1) is 0 Å². The molecule has 0 aliphatic rings. The lowest BCUT2D eigenvalue weighted by Gasteiger charge is -2.18. The largest absolute Gasteiger partial charge is 0.462 e. The van der Waals surface area contributed by atoms with E-state index in [0.717, 1.165) is 96.3 Å². The molecule has 0 spiro atoms. The van der Waals surface area contributed by atoms with Gasteiger partial charge in [-0.05, 0) is 57.8 Å². The average Bonchev–Trinajstić information content (AvgIpc) is 3.43. The summed E-state index contributed by atoms with van der Waals surface area (Å²) in [6, 6.07) is 0. The fourth-order valence-electron chi connectivity index (χ4n) is 10.3. The van der Waals surface area contributed by atoms with Gasteiger partial charge in [-0.3, -0.25) is 14.4 Å². The predicted molar refractivity (Wildman–Crippen MR) is 335 cm³/mol. The molecular formula is C71H130O6. The van der Waals surface area contributed by atoms with Crippen LogP contribution in [-0.4, -0.2) is 37.2 Å². The quantitative estimate of drug-likeness (QED) is 0.0261.